The summed E-state index contributed by atoms with van der Waals surface area (Å²) in [5.74, 6) is 0. The van der Waals surface area contributed by atoms with E-state index < -0.39 is 10.0 Å². The molecule has 6 heteroatoms. The van der Waals surface area contributed by atoms with Crippen LogP contribution in [-0.2, 0) is 17.1 Å². The Morgan fingerprint density at radius 3 is 2.24 bits per heavy atom. The van der Waals surface area contributed by atoms with E-state index in [4.69, 9.17) is 0 Å². The van der Waals surface area contributed by atoms with Crippen LogP contribution in [0.4, 0.5) is 0 Å². The Labute approximate surface area is 107 Å². The quantitative estimate of drug-likeness (QED) is 0.586. The maximum atomic E-state index is 12.1. The molecule has 92 valence electrons. The summed E-state index contributed by atoms with van der Waals surface area (Å²) < 4.78 is 27.1. The molecular weight excluding hydrogens is 260 g/mol. The highest BCUT2D eigenvalue weighted by molar-refractivity contribution is 7.85. The number of hydrogen-bond acceptors (Lipinski definition) is 2. The van der Waals surface area contributed by atoms with Crippen LogP contribution < -0.4 is 16.4 Å². The first-order chi connectivity index (χ1) is 7.50. The minimum atomic E-state index is -3.44. The van der Waals surface area contributed by atoms with E-state index in [1.807, 2.05) is 6.92 Å². The van der Waals surface area contributed by atoms with Gasteiger partial charge >= 0.3 is 10.0 Å². The first kappa shape index (κ1) is 13.7. The van der Waals surface area contributed by atoms with Crippen molar-refractivity contribution in [1.82, 2.24) is 4.57 Å². The molecular formula is C11H13ClN2O2S. The maximum Gasteiger partial charge on any atom is 0.335 e. The Bertz CT molecular complexity index is 603. The summed E-state index contributed by atoms with van der Waals surface area (Å²) >= 11 is 0. The number of aromatic nitrogens is 2. The molecule has 0 fully saturated rings. The van der Waals surface area contributed by atoms with Crippen LogP contribution in [0.3, 0.4) is 0 Å². The number of halogens is 1. The summed E-state index contributed by atoms with van der Waals surface area (Å²) in [6.07, 6.45) is 4.73. The zero-order valence-corrected chi connectivity index (χ0v) is 11.1. The third-order valence-corrected chi connectivity index (χ3v) is 3.98. The summed E-state index contributed by atoms with van der Waals surface area (Å²) in [6.45, 7) is 1.92. The predicted molar refractivity (Wildman–Crippen MR) is 59.4 cm³/mol. The molecule has 0 N–H and O–H groups in total. The van der Waals surface area contributed by atoms with Gasteiger partial charge in [0.05, 0.1) is 7.05 Å². The van der Waals surface area contributed by atoms with Gasteiger partial charge in [-0.15, -0.1) is 3.97 Å². The summed E-state index contributed by atoms with van der Waals surface area (Å²) in [6, 6.07) is 6.81. The zero-order chi connectivity index (χ0) is 11.8. The van der Waals surface area contributed by atoms with Gasteiger partial charge in [0.15, 0.2) is 0 Å². The van der Waals surface area contributed by atoms with E-state index in [-0.39, 0.29) is 12.4 Å². The number of aryl methyl sites for hydroxylation is 2. The molecule has 0 bridgehead atoms. The van der Waals surface area contributed by atoms with Crippen molar-refractivity contribution in [3.8, 4) is 0 Å². The fourth-order valence-corrected chi connectivity index (χ4v) is 2.61. The van der Waals surface area contributed by atoms with E-state index in [9.17, 15) is 8.42 Å². The van der Waals surface area contributed by atoms with Crippen molar-refractivity contribution in [2.24, 2.45) is 7.05 Å². The lowest BCUT2D eigenvalue weighted by molar-refractivity contribution is -0.510. The summed E-state index contributed by atoms with van der Waals surface area (Å²) in [5.41, 5.74) is 1.04. The third-order valence-electron chi connectivity index (χ3n) is 2.34. The number of benzene rings is 1. The first-order valence-electron chi connectivity index (χ1n) is 4.85. The van der Waals surface area contributed by atoms with Gasteiger partial charge in [-0.1, -0.05) is 17.7 Å². The summed E-state index contributed by atoms with van der Waals surface area (Å²) in [5, 5.41) is 0. The highest BCUT2D eigenvalue weighted by atomic mass is 35.5. The van der Waals surface area contributed by atoms with Crippen LogP contribution >= 0.6 is 0 Å². The fourth-order valence-electron chi connectivity index (χ4n) is 1.40. The van der Waals surface area contributed by atoms with Gasteiger partial charge in [-0.3, -0.25) is 0 Å². The standard InChI is InChI=1S/C11H13N2O2S.ClH/c1-10-3-5-11(6-4-10)16(14,15)13-8-7-12(2)9-13;/h3-9H,1-2H3;1H/q+1;/p-1. The molecule has 0 spiro atoms. The van der Waals surface area contributed by atoms with Gasteiger partial charge in [0.25, 0.3) is 6.33 Å². The minimum absolute atomic E-state index is 0. The van der Waals surface area contributed by atoms with Gasteiger partial charge < -0.3 is 12.4 Å². The maximum absolute atomic E-state index is 12.1. The van der Waals surface area contributed by atoms with Crippen molar-refractivity contribution in [2.75, 3.05) is 0 Å². The van der Waals surface area contributed by atoms with Gasteiger partial charge in [-0.2, -0.15) is 8.42 Å². The molecule has 2 aromatic rings. The molecule has 1 aromatic carbocycles. The lowest BCUT2D eigenvalue weighted by atomic mass is 10.2. The number of nitrogens with zero attached hydrogens (tertiary/aromatic N) is 2. The fraction of sp³-hybridized carbons (Fsp3) is 0.182. The molecule has 0 unspecified atom stereocenters. The molecule has 1 aromatic heterocycles. The second-order valence-corrected chi connectivity index (χ2v) is 5.57. The van der Waals surface area contributed by atoms with E-state index >= 15 is 0 Å². The molecule has 0 saturated carbocycles. The lowest BCUT2D eigenvalue weighted by Crippen LogP contribution is -3.00. The molecule has 0 radical (unpaired) electrons. The molecule has 0 amide bonds. The zero-order valence-electron chi connectivity index (χ0n) is 9.54. The van der Waals surface area contributed by atoms with E-state index in [2.05, 4.69) is 0 Å². The van der Waals surface area contributed by atoms with Gasteiger partial charge in [0, 0.05) is 0 Å². The predicted octanol–water partition coefficient (Wildman–Crippen LogP) is -2.14. The van der Waals surface area contributed by atoms with Crippen molar-refractivity contribution < 1.29 is 24.8 Å². The molecule has 0 aliphatic heterocycles. The number of hydrogen-bond donors (Lipinski definition) is 0. The SMILES string of the molecule is Cc1ccc(S(=O)(=O)[n+]2ccn(C)c2)cc1.[Cl-]. The lowest BCUT2D eigenvalue weighted by Gasteiger charge is -1.99. The van der Waals surface area contributed by atoms with Crippen molar-refractivity contribution in [3.63, 3.8) is 0 Å². The highest BCUT2D eigenvalue weighted by Gasteiger charge is 2.21. The number of rotatable bonds is 2. The van der Waals surface area contributed by atoms with E-state index in [0.29, 0.717) is 4.90 Å². The summed E-state index contributed by atoms with van der Waals surface area (Å²) in [4.78, 5) is 0.300. The molecule has 4 nitrogen and oxygen atoms in total. The molecule has 0 saturated heterocycles. The van der Waals surface area contributed by atoms with Crippen molar-refractivity contribution in [2.45, 2.75) is 11.8 Å². The molecule has 0 aliphatic carbocycles. The van der Waals surface area contributed by atoms with Crippen LogP contribution in [0.25, 0.3) is 0 Å². The average Bonchev–Trinajstić information content (AvgIpc) is 2.66. The minimum Gasteiger partial charge on any atom is -1.00 e. The van der Waals surface area contributed by atoms with Crippen molar-refractivity contribution in [3.05, 3.63) is 48.5 Å². The molecule has 0 atom stereocenters. The van der Waals surface area contributed by atoms with Gasteiger partial charge in [-0.25, -0.2) is 4.57 Å². The molecule has 17 heavy (non-hydrogen) atoms. The van der Waals surface area contributed by atoms with Crippen LogP contribution in [0.5, 0.6) is 0 Å². The van der Waals surface area contributed by atoms with Crippen molar-refractivity contribution >= 4 is 10.0 Å². The molecule has 0 aliphatic rings. The van der Waals surface area contributed by atoms with E-state index in [1.165, 1.54) is 16.5 Å². The Hall–Kier alpha value is -1.33. The Kier molecular flexibility index (Phi) is 3.95. The van der Waals surface area contributed by atoms with E-state index in [0.717, 1.165) is 5.56 Å². The molecule has 2 rings (SSSR count). The van der Waals surface area contributed by atoms with Gasteiger partial charge in [-0.05, 0) is 19.1 Å². The van der Waals surface area contributed by atoms with Crippen LogP contribution in [-0.4, -0.2) is 13.0 Å². The Morgan fingerprint density at radius 1 is 1.18 bits per heavy atom. The van der Waals surface area contributed by atoms with Crippen LogP contribution in [0.1, 0.15) is 5.56 Å². The topological polar surface area (TPSA) is 43.0 Å². The normalized spacial score (nSPS) is 10.9. The van der Waals surface area contributed by atoms with Crippen molar-refractivity contribution in [1.29, 1.82) is 0 Å². The third kappa shape index (κ3) is 2.68. The monoisotopic (exact) mass is 272 g/mol. The van der Waals surface area contributed by atoms with Gasteiger partial charge in [0.2, 0.25) is 0 Å². The first-order valence-corrected chi connectivity index (χ1v) is 6.29. The second-order valence-electron chi connectivity index (χ2n) is 3.73. The smallest absolute Gasteiger partial charge is 0.335 e. The van der Waals surface area contributed by atoms with Crippen LogP contribution in [0.2, 0.25) is 0 Å². The van der Waals surface area contributed by atoms with Crippen LogP contribution in [0.15, 0.2) is 47.9 Å². The Morgan fingerprint density at radius 2 is 1.76 bits per heavy atom. The highest BCUT2D eigenvalue weighted by Crippen LogP contribution is 2.09. The Balaban J connectivity index is 0.00000144. The molecule has 1 heterocycles. The summed E-state index contributed by atoms with van der Waals surface area (Å²) in [7, 11) is -1.66. The number of imidazole rings is 1. The average molecular weight is 273 g/mol. The largest absolute Gasteiger partial charge is 1.00 e. The van der Waals surface area contributed by atoms with Crippen LogP contribution in [0, 0.1) is 6.92 Å². The van der Waals surface area contributed by atoms with E-state index in [1.54, 1.807) is 42.1 Å². The second kappa shape index (κ2) is 4.89. The van der Waals surface area contributed by atoms with Gasteiger partial charge in [0.1, 0.15) is 17.3 Å².